The van der Waals surface area contributed by atoms with Crippen molar-refractivity contribution in [2.24, 2.45) is 0 Å². The predicted octanol–water partition coefficient (Wildman–Crippen LogP) is 5.83. The van der Waals surface area contributed by atoms with Crippen molar-refractivity contribution in [3.05, 3.63) is 101 Å². The number of halogens is 1. The first-order chi connectivity index (χ1) is 13.7. The van der Waals surface area contributed by atoms with Gasteiger partial charge in [0.1, 0.15) is 5.69 Å². The Morgan fingerprint density at radius 2 is 1.43 bits per heavy atom. The van der Waals surface area contributed by atoms with Crippen molar-refractivity contribution in [3.8, 4) is 22.5 Å². The molecule has 28 heavy (non-hydrogen) atoms. The lowest BCUT2D eigenvalue weighted by atomic mass is 10.0. The van der Waals surface area contributed by atoms with Gasteiger partial charge in [0.15, 0.2) is 0 Å². The highest BCUT2D eigenvalue weighted by atomic mass is 79.9. The first kappa shape index (κ1) is 18.1. The molecule has 0 aliphatic heterocycles. The van der Waals surface area contributed by atoms with E-state index >= 15 is 0 Å². The fourth-order valence-electron chi connectivity index (χ4n) is 2.86. The number of carbonyl (C=O) groups excluding carboxylic acids is 1. The summed E-state index contributed by atoms with van der Waals surface area (Å²) in [6.45, 7) is 0. The quantitative estimate of drug-likeness (QED) is 0.444. The van der Waals surface area contributed by atoms with Crippen LogP contribution in [0.4, 0.5) is 5.69 Å². The van der Waals surface area contributed by atoms with Crippen LogP contribution in [-0.2, 0) is 0 Å². The zero-order chi connectivity index (χ0) is 19.3. The molecule has 4 aromatic rings. The summed E-state index contributed by atoms with van der Waals surface area (Å²) in [6.07, 6.45) is 1.52. The average molecular weight is 430 g/mol. The molecule has 0 saturated carbocycles. The van der Waals surface area contributed by atoms with Gasteiger partial charge < -0.3 is 5.32 Å². The standard InChI is InChI=1S/C23H16BrN3O/c24-18-12-7-13-19(14-18)26-23(28)20-15-25-21(16-8-3-1-4-9-16)22(27-20)17-10-5-2-6-11-17/h1-15H,(H,26,28). The molecule has 0 spiro atoms. The molecule has 3 aromatic carbocycles. The van der Waals surface area contributed by atoms with E-state index in [1.165, 1.54) is 6.20 Å². The topological polar surface area (TPSA) is 54.9 Å². The highest BCUT2D eigenvalue weighted by Crippen LogP contribution is 2.28. The molecule has 1 heterocycles. The number of rotatable bonds is 4. The summed E-state index contributed by atoms with van der Waals surface area (Å²) < 4.78 is 0.890. The Balaban J connectivity index is 1.75. The Labute approximate surface area is 171 Å². The number of anilines is 1. The molecular formula is C23H16BrN3O. The molecule has 1 amide bonds. The van der Waals surface area contributed by atoms with E-state index in [-0.39, 0.29) is 11.6 Å². The third-order valence-corrected chi connectivity index (χ3v) is 4.68. The van der Waals surface area contributed by atoms with Crippen molar-refractivity contribution >= 4 is 27.5 Å². The van der Waals surface area contributed by atoms with E-state index in [0.717, 1.165) is 21.3 Å². The molecule has 0 radical (unpaired) electrons. The van der Waals surface area contributed by atoms with E-state index in [1.807, 2.05) is 84.9 Å². The fourth-order valence-corrected chi connectivity index (χ4v) is 3.26. The van der Waals surface area contributed by atoms with Crippen LogP contribution in [0.2, 0.25) is 0 Å². The first-order valence-corrected chi connectivity index (χ1v) is 9.55. The Kier molecular flexibility index (Phi) is 5.26. The second kappa shape index (κ2) is 8.15. The van der Waals surface area contributed by atoms with Gasteiger partial charge in [-0.05, 0) is 18.2 Å². The largest absolute Gasteiger partial charge is 0.321 e. The van der Waals surface area contributed by atoms with Crippen LogP contribution >= 0.6 is 15.9 Å². The summed E-state index contributed by atoms with van der Waals surface area (Å²) in [6, 6.07) is 27.0. The van der Waals surface area contributed by atoms with Gasteiger partial charge in [0, 0.05) is 21.3 Å². The maximum atomic E-state index is 12.7. The lowest BCUT2D eigenvalue weighted by molar-refractivity contribution is 0.102. The Bertz CT molecular complexity index is 1120. The Morgan fingerprint density at radius 1 is 0.786 bits per heavy atom. The van der Waals surface area contributed by atoms with Crippen LogP contribution in [0.1, 0.15) is 10.5 Å². The van der Waals surface area contributed by atoms with Crippen molar-refractivity contribution in [3.63, 3.8) is 0 Å². The SMILES string of the molecule is O=C(Nc1cccc(Br)c1)c1cnc(-c2ccccc2)c(-c2ccccc2)n1. The van der Waals surface area contributed by atoms with E-state index < -0.39 is 0 Å². The molecule has 0 aliphatic carbocycles. The molecule has 0 unspecified atom stereocenters. The number of carbonyl (C=O) groups is 1. The van der Waals surface area contributed by atoms with Gasteiger partial charge in [-0.3, -0.25) is 9.78 Å². The van der Waals surface area contributed by atoms with Crippen LogP contribution < -0.4 is 5.32 Å². The lowest BCUT2D eigenvalue weighted by Crippen LogP contribution is -2.15. The number of nitrogens with zero attached hydrogens (tertiary/aromatic N) is 2. The van der Waals surface area contributed by atoms with Gasteiger partial charge in [-0.25, -0.2) is 4.98 Å². The number of nitrogens with one attached hydrogen (secondary N) is 1. The van der Waals surface area contributed by atoms with Crippen molar-refractivity contribution in [2.45, 2.75) is 0 Å². The molecular weight excluding hydrogens is 414 g/mol. The monoisotopic (exact) mass is 429 g/mol. The lowest BCUT2D eigenvalue weighted by Gasteiger charge is -2.11. The molecule has 0 aliphatic rings. The molecule has 4 nitrogen and oxygen atoms in total. The zero-order valence-corrected chi connectivity index (χ0v) is 16.4. The van der Waals surface area contributed by atoms with E-state index in [9.17, 15) is 4.79 Å². The summed E-state index contributed by atoms with van der Waals surface area (Å²) in [5, 5.41) is 2.87. The molecule has 5 heteroatoms. The number of benzene rings is 3. The van der Waals surface area contributed by atoms with Crippen molar-refractivity contribution in [1.29, 1.82) is 0 Å². The van der Waals surface area contributed by atoms with Gasteiger partial charge in [0.25, 0.3) is 5.91 Å². The number of hydrogen-bond acceptors (Lipinski definition) is 3. The zero-order valence-electron chi connectivity index (χ0n) is 14.8. The van der Waals surface area contributed by atoms with Gasteiger partial charge in [0.05, 0.1) is 17.6 Å². The second-order valence-electron chi connectivity index (χ2n) is 6.15. The van der Waals surface area contributed by atoms with Crippen LogP contribution in [0.25, 0.3) is 22.5 Å². The smallest absolute Gasteiger partial charge is 0.275 e. The molecule has 0 fully saturated rings. The van der Waals surface area contributed by atoms with Gasteiger partial charge in [-0.1, -0.05) is 82.7 Å². The van der Waals surface area contributed by atoms with E-state index in [4.69, 9.17) is 0 Å². The Hall–Kier alpha value is -3.31. The Morgan fingerprint density at radius 3 is 2.07 bits per heavy atom. The maximum Gasteiger partial charge on any atom is 0.275 e. The summed E-state index contributed by atoms with van der Waals surface area (Å²) >= 11 is 3.41. The average Bonchev–Trinajstić information content (AvgIpc) is 2.74. The maximum absolute atomic E-state index is 12.7. The van der Waals surface area contributed by atoms with Gasteiger partial charge in [-0.15, -0.1) is 0 Å². The summed E-state index contributed by atoms with van der Waals surface area (Å²) in [7, 11) is 0. The number of amides is 1. The minimum absolute atomic E-state index is 0.263. The minimum Gasteiger partial charge on any atom is -0.321 e. The molecule has 136 valence electrons. The minimum atomic E-state index is -0.303. The van der Waals surface area contributed by atoms with E-state index in [1.54, 1.807) is 0 Å². The molecule has 0 saturated heterocycles. The van der Waals surface area contributed by atoms with Crippen molar-refractivity contribution in [2.75, 3.05) is 5.32 Å². The molecule has 0 atom stereocenters. The third-order valence-electron chi connectivity index (χ3n) is 4.18. The number of aromatic nitrogens is 2. The summed E-state index contributed by atoms with van der Waals surface area (Å²) in [5.41, 5.74) is 4.23. The van der Waals surface area contributed by atoms with Crippen molar-refractivity contribution < 1.29 is 4.79 Å². The summed E-state index contributed by atoms with van der Waals surface area (Å²) in [5.74, 6) is -0.303. The van der Waals surface area contributed by atoms with Gasteiger partial charge >= 0.3 is 0 Å². The third kappa shape index (κ3) is 4.00. The highest BCUT2D eigenvalue weighted by Gasteiger charge is 2.16. The van der Waals surface area contributed by atoms with Gasteiger partial charge in [-0.2, -0.15) is 0 Å². The normalized spacial score (nSPS) is 10.5. The van der Waals surface area contributed by atoms with E-state index in [0.29, 0.717) is 11.4 Å². The molecule has 1 N–H and O–H groups in total. The van der Waals surface area contributed by atoms with Crippen LogP contribution in [0, 0.1) is 0 Å². The number of hydrogen-bond donors (Lipinski definition) is 1. The summed E-state index contributed by atoms with van der Waals surface area (Å²) in [4.78, 5) is 22.0. The molecule has 0 bridgehead atoms. The van der Waals surface area contributed by atoms with Crippen LogP contribution in [0.3, 0.4) is 0 Å². The predicted molar refractivity (Wildman–Crippen MR) is 115 cm³/mol. The van der Waals surface area contributed by atoms with Crippen molar-refractivity contribution in [1.82, 2.24) is 9.97 Å². The highest BCUT2D eigenvalue weighted by molar-refractivity contribution is 9.10. The molecule has 1 aromatic heterocycles. The van der Waals surface area contributed by atoms with Crippen LogP contribution in [-0.4, -0.2) is 15.9 Å². The second-order valence-corrected chi connectivity index (χ2v) is 7.06. The van der Waals surface area contributed by atoms with Crippen LogP contribution in [0.5, 0.6) is 0 Å². The molecule has 4 rings (SSSR count). The van der Waals surface area contributed by atoms with E-state index in [2.05, 4.69) is 31.2 Å². The fraction of sp³-hybridized carbons (Fsp3) is 0. The first-order valence-electron chi connectivity index (χ1n) is 8.75. The van der Waals surface area contributed by atoms with Gasteiger partial charge in [0.2, 0.25) is 0 Å². The van der Waals surface area contributed by atoms with Crippen LogP contribution in [0.15, 0.2) is 95.6 Å².